The predicted octanol–water partition coefficient (Wildman–Crippen LogP) is 4.56. The van der Waals surface area contributed by atoms with Crippen LogP contribution in [-0.4, -0.2) is 6.29 Å². The van der Waals surface area contributed by atoms with E-state index in [0.29, 0.717) is 16.3 Å². The Morgan fingerprint density at radius 1 is 1.11 bits per heavy atom. The fourth-order valence-electron chi connectivity index (χ4n) is 1.84. The SMILES string of the molecule is Cc1cc(Cl)cc(C)c1Oc1ccccc1C=O. The molecule has 0 N–H and O–H groups in total. The van der Waals surface area contributed by atoms with Crippen LogP contribution in [0.2, 0.25) is 5.02 Å². The van der Waals surface area contributed by atoms with Crippen LogP contribution in [0.1, 0.15) is 21.5 Å². The van der Waals surface area contributed by atoms with Crippen molar-refractivity contribution in [3.8, 4) is 11.5 Å². The lowest BCUT2D eigenvalue weighted by molar-refractivity contribution is 0.112. The molecular weight excluding hydrogens is 248 g/mol. The van der Waals surface area contributed by atoms with Crippen LogP contribution in [0.25, 0.3) is 0 Å². The molecule has 0 unspecified atom stereocenters. The van der Waals surface area contributed by atoms with Gasteiger partial charge in [0.2, 0.25) is 0 Å². The largest absolute Gasteiger partial charge is 0.456 e. The van der Waals surface area contributed by atoms with Crippen molar-refractivity contribution in [3.63, 3.8) is 0 Å². The van der Waals surface area contributed by atoms with E-state index in [9.17, 15) is 4.79 Å². The van der Waals surface area contributed by atoms with E-state index in [1.165, 1.54) is 0 Å². The van der Waals surface area contributed by atoms with Crippen LogP contribution in [0.5, 0.6) is 11.5 Å². The number of carbonyl (C=O) groups excluding carboxylic acids is 1. The van der Waals surface area contributed by atoms with Crippen molar-refractivity contribution in [2.24, 2.45) is 0 Å². The second kappa shape index (κ2) is 5.23. The number of benzene rings is 2. The number of aryl methyl sites for hydroxylation is 2. The van der Waals surface area contributed by atoms with Crippen LogP contribution < -0.4 is 4.74 Å². The maximum absolute atomic E-state index is 10.9. The highest BCUT2D eigenvalue weighted by atomic mass is 35.5. The molecule has 2 rings (SSSR count). The predicted molar refractivity (Wildman–Crippen MR) is 72.8 cm³/mol. The standard InChI is InChI=1S/C15H13ClO2/c1-10-7-13(16)8-11(2)15(10)18-14-6-4-3-5-12(14)9-17/h3-9H,1-2H3. The van der Waals surface area contributed by atoms with Crippen molar-refractivity contribution < 1.29 is 9.53 Å². The second-order valence-electron chi connectivity index (χ2n) is 4.13. The van der Waals surface area contributed by atoms with Crippen molar-refractivity contribution in [3.05, 3.63) is 58.1 Å². The summed E-state index contributed by atoms with van der Waals surface area (Å²) in [6.45, 7) is 3.86. The zero-order valence-corrected chi connectivity index (χ0v) is 11.0. The van der Waals surface area contributed by atoms with Gasteiger partial charge in [-0.3, -0.25) is 4.79 Å². The van der Waals surface area contributed by atoms with Crippen LogP contribution in [-0.2, 0) is 0 Å². The van der Waals surface area contributed by atoms with Crippen molar-refractivity contribution in [2.75, 3.05) is 0 Å². The Hall–Kier alpha value is -1.80. The highest BCUT2D eigenvalue weighted by Gasteiger charge is 2.09. The molecule has 0 aliphatic heterocycles. The van der Waals surface area contributed by atoms with E-state index in [1.54, 1.807) is 18.2 Å². The zero-order valence-electron chi connectivity index (χ0n) is 10.2. The molecule has 0 saturated heterocycles. The highest BCUT2D eigenvalue weighted by molar-refractivity contribution is 6.30. The van der Waals surface area contributed by atoms with Crippen LogP contribution in [0.4, 0.5) is 0 Å². The Kier molecular flexibility index (Phi) is 3.68. The summed E-state index contributed by atoms with van der Waals surface area (Å²) in [4.78, 5) is 10.9. The van der Waals surface area contributed by atoms with E-state index in [0.717, 1.165) is 23.2 Å². The minimum Gasteiger partial charge on any atom is -0.456 e. The molecule has 2 aromatic carbocycles. The van der Waals surface area contributed by atoms with E-state index in [4.69, 9.17) is 16.3 Å². The first kappa shape index (κ1) is 12.7. The number of carbonyl (C=O) groups is 1. The number of hydrogen-bond donors (Lipinski definition) is 0. The molecule has 0 spiro atoms. The van der Waals surface area contributed by atoms with Crippen molar-refractivity contribution in [2.45, 2.75) is 13.8 Å². The first-order valence-electron chi connectivity index (χ1n) is 5.60. The number of para-hydroxylation sites is 1. The summed E-state index contributed by atoms with van der Waals surface area (Å²) in [5.41, 5.74) is 2.42. The maximum Gasteiger partial charge on any atom is 0.153 e. The van der Waals surface area contributed by atoms with Gasteiger partial charge in [0, 0.05) is 5.02 Å². The molecule has 0 aromatic heterocycles. The summed E-state index contributed by atoms with van der Waals surface area (Å²) in [6.07, 6.45) is 0.788. The van der Waals surface area contributed by atoms with Crippen LogP contribution in [0, 0.1) is 13.8 Å². The first-order chi connectivity index (χ1) is 8.61. The van der Waals surface area contributed by atoms with Gasteiger partial charge in [0.25, 0.3) is 0 Å². The molecular formula is C15H13ClO2. The van der Waals surface area contributed by atoms with E-state index >= 15 is 0 Å². The molecule has 92 valence electrons. The Morgan fingerprint density at radius 2 is 1.72 bits per heavy atom. The van der Waals surface area contributed by atoms with Gasteiger partial charge in [0.05, 0.1) is 5.56 Å². The Bertz CT molecular complexity index is 568. The first-order valence-corrected chi connectivity index (χ1v) is 5.98. The highest BCUT2D eigenvalue weighted by Crippen LogP contribution is 2.32. The van der Waals surface area contributed by atoms with Crippen LogP contribution >= 0.6 is 11.6 Å². The summed E-state index contributed by atoms with van der Waals surface area (Å²) < 4.78 is 5.83. The average molecular weight is 261 g/mol. The molecule has 0 atom stereocenters. The van der Waals surface area contributed by atoms with E-state index in [-0.39, 0.29) is 0 Å². The lowest BCUT2D eigenvalue weighted by Gasteiger charge is -2.13. The van der Waals surface area contributed by atoms with Crippen LogP contribution in [0.15, 0.2) is 36.4 Å². The van der Waals surface area contributed by atoms with Crippen molar-refractivity contribution >= 4 is 17.9 Å². The minimum atomic E-state index is 0.534. The number of halogens is 1. The third-order valence-corrected chi connectivity index (χ3v) is 2.90. The average Bonchev–Trinajstić information content (AvgIpc) is 2.34. The smallest absolute Gasteiger partial charge is 0.153 e. The monoisotopic (exact) mass is 260 g/mol. The molecule has 0 aliphatic carbocycles. The molecule has 2 nitrogen and oxygen atoms in total. The Balaban J connectivity index is 2.43. The summed E-state index contributed by atoms with van der Waals surface area (Å²) in [6, 6.07) is 10.8. The molecule has 0 radical (unpaired) electrons. The number of aldehydes is 1. The maximum atomic E-state index is 10.9. The van der Waals surface area contributed by atoms with Gasteiger partial charge >= 0.3 is 0 Å². The summed E-state index contributed by atoms with van der Waals surface area (Å²) in [5, 5.41) is 0.682. The van der Waals surface area contributed by atoms with Gasteiger partial charge in [0.1, 0.15) is 11.5 Å². The quantitative estimate of drug-likeness (QED) is 0.756. The molecule has 3 heteroatoms. The molecule has 0 bridgehead atoms. The minimum absolute atomic E-state index is 0.534. The van der Waals surface area contributed by atoms with Gasteiger partial charge in [0.15, 0.2) is 6.29 Å². The summed E-state index contributed by atoms with van der Waals surface area (Å²) >= 11 is 5.97. The van der Waals surface area contributed by atoms with Gasteiger partial charge < -0.3 is 4.74 Å². The molecule has 2 aromatic rings. The van der Waals surface area contributed by atoms with Gasteiger partial charge in [-0.15, -0.1) is 0 Å². The molecule has 18 heavy (non-hydrogen) atoms. The van der Waals surface area contributed by atoms with Gasteiger partial charge in [-0.2, -0.15) is 0 Å². The van der Waals surface area contributed by atoms with Crippen molar-refractivity contribution in [1.29, 1.82) is 0 Å². The molecule has 0 saturated carbocycles. The number of rotatable bonds is 3. The Morgan fingerprint density at radius 3 is 2.33 bits per heavy atom. The van der Waals surface area contributed by atoms with Gasteiger partial charge in [-0.05, 0) is 49.2 Å². The lowest BCUT2D eigenvalue weighted by atomic mass is 10.1. The number of ether oxygens (including phenoxy) is 1. The fraction of sp³-hybridized carbons (Fsp3) is 0.133. The van der Waals surface area contributed by atoms with E-state index < -0.39 is 0 Å². The number of hydrogen-bond acceptors (Lipinski definition) is 2. The van der Waals surface area contributed by atoms with Crippen molar-refractivity contribution in [1.82, 2.24) is 0 Å². The molecule has 0 amide bonds. The van der Waals surface area contributed by atoms with E-state index in [1.807, 2.05) is 32.0 Å². The molecule has 0 heterocycles. The fourth-order valence-corrected chi connectivity index (χ4v) is 2.17. The third kappa shape index (κ3) is 2.54. The molecule has 0 fully saturated rings. The molecule has 0 aliphatic rings. The second-order valence-corrected chi connectivity index (χ2v) is 4.56. The summed E-state index contributed by atoms with van der Waals surface area (Å²) in [7, 11) is 0. The third-order valence-electron chi connectivity index (χ3n) is 2.68. The summed E-state index contributed by atoms with van der Waals surface area (Å²) in [5.74, 6) is 1.30. The lowest BCUT2D eigenvalue weighted by Crippen LogP contribution is -1.94. The van der Waals surface area contributed by atoms with Gasteiger partial charge in [-0.25, -0.2) is 0 Å². The Labute approximate surface area is 111 Å². The topological polar surface area (TPSA) is 26.3 Å². The van der Waals surface area contributed by atoms with Crippen LogP contribution in [0.3, 0.4) is 0 Å². The normalized spacial score (nSPS) is 10.2. The van der Waals surface area contributed by atoms with E-state index in [2.05, 4.69) is 0 Å². The zero-order chi connectivity index (χ0) is 13.1. The van der Waals surface area contributed by atoms with Gasteiger partial charge in [-0.1, -0.05) is 23.7 Å².